The van der Waals surface area contributed by atoms with Gasteiger partial charge in [-0.05, 0) is 139 Å². The van der Waals surface area contributed by atoms with Crippen LogP contribution in [0.15, 0.2) is 91.0 Å². The average molecular weight is 923 g/mol. The van der Waals surface area contributed by atoms with E-state index in [1.165, 1.54) is 25.2 Å². The molecule has 14 heteroatoms. The fraction of sp³-hybridized carbons (Fsp3) is 0.469. The molecule has 4 aromatic carbocycles. The van der Waals surface area contributed by atoms with E-state index in [1.54, 1.807) is 0 Å². The number of aliphatic hydroxyl groups is 1. The van der Waals surface area contributed by atoms with E-state index >= 15 is 0 Å². The van der Waals surface area contributed by atoms with E-state index in [-0.39, 0.29) is 16.4 Å². The minimum Gasteiger partial charge on any atom is -0.385 e. The Kier molecular flexibility index (Phi) is 17.5. The number of nitrogens with zero attached hydrogens (tertiary/aromatic N) is 1. The van der Waals surface area contributed by atoms with E-state index in [0.717, 1.165) is 80.4 Å². The minimum atomic E-state index is -3.19. The first-order chi connectivity index (χ1) is 29.8. The Labute approximate surface area is 372 Å². The molecule has 4 aromatic rings. The standard InChI is InChI=1S/C21H21F3O2.C21H19F3O.C6H15N.CH3ClO2S/c22-17-6-16(7-18(23)19(17)24)21(25)12-20(13-21)8-15(9-20)11-26-10-14-4-2-1-3-5-14;22-18-6-16(7-19(23)20(18)24)17-10-21(11-17)8-15(9-21)13-25-12-14-4-2-1-3-5-14;1-4-7(5-2)6-3;1-5(2,3)4/h1-7,15,25H,8-13H2;1-7,10,15H,8-9,11-13H2;4-6H2,1-3H3;1H3. The molecule has 0 aliphatic heterocycles. The molecule has 0 saturated heterocycles. The number of hydrogen-bond acceptors (Lipinski definition) is 6. The Hall–Kier alpha value is -3.72. The lowest BCUT2D eigenvalue weighted by Crippen LogP contribution is -2.56. The average Bonchev–Trinajstić information content (AvgIpc) is 3.18. The van der Waals surface area contributed by atoms with Crippen LogP contribution in [0.4, 0.5) is 26.3 Å². The van der Waals surface area contributed by atoms with Crippen LogP contribution in [0.5, 0.6) is 0 Å². The molecular weight excluding hydrogens is 864 g/mol. The number of ether oxygens (including phenoxy) is 2. The van der Waals surface area contributed by atoms with Gasteiger partial charge in [0, 0.05) is 23.9 Å². The fourth-order valence-electron chi connectivity index (χ4n) is 9.41. The van der Waals surface area contributed by atoms with Crippen molar-refractivity contribution in [3.63, 3.8) is 0 Å². The van der Waals surface area contributed by atoms with E-state index < -0.39 is 49.6 Å². The predicted molar refractivity (Wildman–Crippen MR) is 235 cm³/mol. The maximum atomic E-state index is 13.4. The van der Waals surface area contributed by atoms with Crippen molar-refractivity contribution in [3.05, 3.63) is 148 Å². The highest BCUT2D eigenvalue weighted by molar-refractivity contribution is 8.13. The van der Waals surface area contributed by atoms with Crippen molar-refractivity contribution in [1.29, 1.82) is 0 Å². The van der Waals surface area contributed by atoms with Crippen molar-refractivity contribution in [2.24, 2.45) is 22.7 Å². The van der Waals surface area contributed by atoms with Crippen LogP contribution in [-0.2, 0) is 37.3 Å². The van der Waals surface area contributed by atoms with Gasteiger partial charge in [-0.25, -0.2) is 34.8 Å². The second-order valence-electron chi connectivity index (χ2n) is 17.5. The lowest BCUT2D eigenvalue weighted by Gasteiger charge is -2.61. The number of halogens is 7. The molecule has 6 nitrogen and oxygen atoms in total. The SMILES string of the molecule is CCN(CC)CC.CS(=O)(=O)Cl.Fc1cc(C2=CC3(C2)CC(COCc2ccccc2)C3)cc(F)c1F.OC1(c2cc(F)c(F)c(F)c2)CC2(CC(COCc3ccccc3)C2)C1. The van der Waals surface area contributed by atoms with E-state index in [1.807, 2.05) is 60.7 Å². The summed E-state index contributed by atoms with van der Waals surface area (Å²) in [6.45, 7) is 12.7. The fourth-order valence-corrected chi connectivity index (χ4v) is 9.41. The molecule has 4 aliphatic carbocycles. The smallest absolute Gasteiger partial charge is 0.229 e. The van der Waals surface area contributed by atoms with Gasteiger partial charge in [0.15, 0.2) is 34.9 Å². The van der Waals surface area contributed by atoms with Gasteiger partial charge in [-0.2, -0.15) is 0 Å². The molecule has 3 fully saturated rings. The Morgan fingerprint density at radius 1 is 0.683 bits per heavy atom. The lowest BCUT2D eigenvalue weighted by molar-refractivity contribution is -0.195. The van der Waals surface area contributed by atoms with E-state index in [9.17, 15) is 39.9 Å². The molecule has 344 valence electrons. The van der Waals surface area contributed by atoms with Gasteiger partial charge in [-0.15, -0.1) is 0 Å². The number of benzene rings is 4. The third kappa shape index (κ3) is 14.1. The summed E-state index contributed by atoms with van der Waals surface area (Å²) in [5.74, 6) is -6.68. The molecule has 0 amide bonds. The van der Waals surface area contributed by atoms with Crippen LogP contribution >= 0.6 is 10.7 Å². The Bertz CT molecular complexity index is 2180. The molecule has 0 atom stereocenters. The van der Waals surface area contributed by atoms with Crippen LogP contribution in [0.1, 0.15) is 88.0 Å². The Morgan fingerprint density at radius 3 is 1.44 bits per heavy atom. The van der Waals surface area contributed by atoms with Gasteiger partial charge >= 0.3 is 0 Å². The maximum absolute atomic E-state index is 13.4. The van der Waals surface area contributed by atoms with Gasteiger partial charge in [0.25, 0.3) is 0 Å². The van der Waals surface area contributed by atoms with Crippen LogP contribution < -0.4 is 0 Å². The molecule has 0 aromatic heterocycles. The van der Waals surface area contributed by atoms with Gasteiger partial charge in [0.1, 0.15) is 0 Å². The normalized spacial score (nSPS) is 24.2. The van der Waals surface area contributed by atoms with E-state index in [0.29, 0.717) is 50.1 Å². The third-order valence-corrected chi connectivity index (χ3v) is 12.3. The number of allylic oxidation sites excluding steroid dienone is 2. The monoisotopic (exact) mass is 921 g/mol. The highest BCUT2D eigenvalue weighted by Gasteiger charge is 2.60. The molecule has 0 radical (unpaired) electrons. The second kappa shape index (κ2) is 22.0. The number of hydrogen-bond donors (Lipinski definition) is 1. The van der Waals surface area contributed by atoms with Gasteiger partial charge in [-0.3, -0.25) is 0 Å². The van der Waals surface area contributed by atoms with Crippen LogP contribution in [0.2, 0.25) is 0 Å². The highest BCUT2D eigenvalue weighted by Crippen LogP contribution is 2.66. The van der Waals surface area contributed by atoms with Crippen molar-refractivity contribution in [2.75, 3.05) is 39.1 Å². The van der Waals surface area contributed by atoms with Crippen LogP contribution in [0.25, 0.3) is 5.57 Å². The zero-order valence-electron chi connectivity index (χ0n) is 36.3. The summed E-state index contributed by atoms with van der Waals surface area (Å²) in [6, 6.07) is 24.0. The van der Waals surface area contributed by atoms with Gasteiger partial charge in [-0.1, -0.05) is 87.5 Å². The summed E-state index contributed by atoms with van der Waals surface area (Å²) in [4.78, 5) is 2.38. The van der Waals surface area contributed by atoms with E-state index in [4.69, 9.17) is 9.47 Å². The molecule has 4 aliphatic rings. The van der Waals surface area contributed by atoms with Crippen molar-refractivity contribution in [2.45, 2.75) is 84.5 Å². The van der Waals surface area contributed by atoms with Crippen LogP contribution in [-0.4, -0.2) is 57.5 Å². The van der Waals surface area contributed by atoms with Gasteiger partial charge in [0.2, 0.25) is 9.05 Å². The second-order valence-corrected chi connectivity index (χ2v) is 20.5. The topological polar surface area (TPSA) is 76.1 Å². The van der Waals surface area contributed by atoms with Gasteiger partial charge < -0.3 is 19.5 Å². The Morgan fingerprint density at radius 2 is 1.06 bits per heavy atom. The lowest BCUT2D eigenvalue weighted by atomic mass is 9.45. The highest BCUT2D eigenvalue weighted by atomic mass is 35.7. The molecule has 63 heavy (non-hydrogen) atoms. The first kappa shape index (κ1) is 50.3. The molecular formula is C49H58ClF6NO5S. The summed E-state index contributed by atoms with van der Waals surface area (Å²) in [6.07, 6.45) is 8.69. The Balaban J connectivity index is 0.000000189. The molecule has 0 heterocycles. The molecule has 1 N–H and O–H groups in total. The third-order valence-electron chi connectivity index (χ3n) is 12.3. The largest absolute Gasteiger partial charge is 0.385 e. The summed E-state index contributed by atoms with van der Waals surface area (Å²) >= 11 is 0. The predicted octanol–water partition coefficient (Wildman–Crippen LogP) is 11.7. The molecule has 8 rings (SSSR count). The van der Waals surface area contributed by atoms with Crippen molar-refractivity contribution in [1.82, 2.24) is 4.90 Å². The first-order valence-electron chi connectivity index (χ1n) is 21.4. The zero-order valence-corrected chi connectivity index (χ0v) is 37.9. The maximum Gasteiger partial charge on any atom is 0.229 e. The quantitative estimate of drug-likeness (QED) is 0.0818. The van der Waals surface area contributed by atoms with Crippen molar-refractivity contribution >= 4 is 25.3 Å². The van der Waals surface area contributed by atoms with Gasteiger partial charge in [0.05, 0.1) is 25.1 Å². The molecule has 0 bridgehead atoms. The first-order valence-corrected chi connectivity index (χ1v) is 24.1. The van der Waals surface area contributed by atoms with Crippen molar-refractivity contribution in [3.8, 4) is 0 Å². The molecule has 2 spiro atoms. The summed E-state index contributed by atoms with van der Waals surface area (Å²) < 4.78 is 110. The summed E-state index contributed by atoms with van der Waals surface area (Å²) in [7, 11) is 1.31. The van der Waals surface area contributed by atoms with E-state index in [2.05, 4.69) is 42.4 Å². The van der Waals surface area contributed by atoms with Crippen LogP contribution in [0, 0.1) is 57.6 Å². The zero-order chi connectivity index (χ0) is 46.0. The molecule has 0 unspecified atom stereocenters. The summed E-state index contributed by atoms with van der Waals surface area (Å²) in [5, 5.41) is 10.6. The summed E-state index contributed by atoms with van der Waals surface area (Å²) in [5.41, 5.74) is 2.71. The van der Waals surface area contributed by atoms with Crippen molar-refractivity contribution < 1.29 is 49.3 Å². The molecule has 3 saturated carbocycles. The minimum absolute atomic E-state index is 0.0247. The van der Waals surface area contributed by atoms with Crippen LogP contribution in [0.3, 0.4) is 0 Å². The number of rotatable bonds is 13.